The van der Waals surface area contributed by atoms with Crippen molar-refractivity contribution in [2.75, 3.05) is 11.9 Å². The average Bonchev–Trinajstić information content (AvgIpc) is 2.42. The van der Waals surface area contributed by atoms with Crippen molar-refractivity contribution in [1.29, 1.82) is 0 Å². The smallest absolute Gasteiger partial charge is 0.417 e. The van der Waals surface area contributed by atoms with Crippen molar-refractivity contribution in [2.24, 2.45) is 0 Å². The van der Waals surface area contributed by atoms with Gasteiger partial charge in [-0.2, -0.15) is 13.2 Å². The Morgan fingerprint density at radius 2 is 2.05 bits per heavy atom. The molecule has 6 heteroatoms. The molecule has 0 bridgehead atoms. The van der Waals surface area contributed by atoms with Crippen LogP contribution in [0.2, 0.25) is 0 Å². The zero-order chi connectivity index (χ0) is 16.2. The van der Waals surface area contributed by atoms with Crippen LogP contribution in [0, 0.1) is 0 Å². The summed E-state index contributed by atoms with van der Waals surface area (Å²) in [4.78, 5) is 12.2. The Bertz CT molecular complexity index is 538. The van der Waals surface area contributed by atoms with Crippen molar-refractivity contribution in [3.05, 3.63) is 35.4 Å². The summed E-state index contributed by atoms with van der Waals surface area (Å²) in [5, 5.41) is 8.54. The third-order valence-electron chi connectivity index (χ3n) is 3.41. The largest absolute Gasteiger partial charge is 0.478 e. The molecular weight excluding hydrogens is 283 g/mol. The molecule has 1 aromatic carbocycles. The molecule has 0 fully saturated rings. The van der Waals surface area contributed by atoms with Gasteiger partial charge in [0.15, 0.2) is 0 Å². The van der Waals surface area contributed by atoms with Crippen molar-refractivity contribution >= 4 is 17.7 Å². The number of hydrogen-bond acceptors (Lipinski definition) is 2. The third kappa shape index (κ3) is 4.51. The molecule has 1 atom stereocenters. The second-order valence-electron chi connectivity index (χ2n) is 4.81. The van der Waals surface area contributed by atoms with Crippen LogP contribution < -0.4 is 4.90 Å². The number of alkyl halides is 3. The van der Waals surface area contributed by atoms with Crippen LogP contribution in [0.4, 0.5) is 18.9 Å². The molecule has 0 saturated carbocycles. The number of carboxylic acids is 1. The van der Waals surface area contributed by atoms with E-state index >= 15 is 0 Å². The summed E-state index contributed by atoms with van der Waals surface area (Å²) in [5.41, 5.74) is -0.553. The fourth-order valence-electron chi connectivity index (χ4n) is 1.84. The zero-order valence-corrected chi connectivity index (χ0v) is 12.1. The molecule has 1 N–H and O–H groups in total. The van der Waals surface area contributed by atoms with Crippen molar-refractivity contribution in [3.63, 3.8) is 0 Å². The van der Waals surface area contributed by atoms with Gasteiger partial charge in [-0.15, -0.1) is 0 Å². The standard InChI is InChI=1S/C15H18F3NO2/c1-4-10(2)19(3)12-7-5-11(6-8-14(20)21)13(9-12)15(16,17)18/h5-10H,4H2,1-3H3,(H,20,21)/b8-6+. The summed E-state index contributed by atoms with van der Waals surface area (Å²) >= 11 is 0. The minimum Gasteiger partial charge on any atom is -0.478 e. The summed E-state index contributed by atoms with van der Waals surface area (Å²) in [6, 6.07) is 4.00. The van der Waals surface area contributed by atoms with Gasteiger partial charge in [-0.25, -0.2) is 4.79 Å². The highest BCUT2D eigenvalue weighted by Gasteiger charge is 2.33. The quantitative estimate of drug-likeness (QED) is 0.834. The highest BCUT2D eigenvalue weighted by atomic mass is 19.4. The maximum absolute atomic E-state index is 13.1. The van der Waals surface area contributed by atoms with Crippen LogP contribution in [-0.4, -0.2) is 24.2 Å². The van der Waals surface area contributed by atoms with Crippen molar-refractivity contribution < 1.29 is 23.1 Å². The van der Waals surface area contributed by atoms with Gasteiger partial charge in [-0.05, 0) is 37.1 Å². The summed E-state index contributed by atoms with van der Waals surface area (Å²) in [5.74, 6) is -1.29. The SMILES string of the molecule is CCC(C)N(C)c1ccc(/C=C/C(=O)O)c(C(F)(F)F)c1. The molecule has 0 aliphatic rings. The number of rotatable bonds is 5. The van der Waals surface area contributed by atoms with E-state index in [1.807, 2.05) is 13.8 Å². The van der Waals surface area contributed by atoms with Gasteiger partial charge in [0.25, 0.3) is 0 Å². The van der Waals surface area contributed by atoms with Crippen molar-refractivity contribution in [1.82, 2.24) is 0 Å². The van der Waals surface area contributed by atoms with Crippen LogP contribution >= 0.6 is 0 Å². The maximum atomic E-state index is 13.1. The van der Waals surface area contributed by atoms with E-state index in [4.69, 9.17) is 5.11 Å². The number of halogens is 3. The molecule has 0 radical (unpaired) electrons. The molecule has 3 nitrogen and oxygen atoms in total. The number of carboxylic acid groups (broad SMARTS) is 1. The first-order valence-electron chi connectivity index (χ1n) is 6.52. The van der Waals surface area contributed by atoms with Gasteiger partial charge in [0, 0.05) is 24.9 Å². The van der Waals surface area contributed by atoms with E-state index in [9.17, 15) is 18.0 Å². The van der Waals surface area contributed by atoms with E-state index in [1.165, 1.54) is 6.07 Å². The zero-order valence-electron chi connectivity index (χ0n) is 12.1. The minimum absolute atomic E-state index is 0.103. The Labute approximate surface area is 121 Å². The molecule has 0 aliphatic carbocycles. The van der Waals surface area contributed by atoms with Crippen molar-refractivity contribution in [3.8, 4) is 0 Å². The second-order valence-corrected chi connectivity index (χ2v) is 4.81. The topological polar surface area (TPSA) is 40.5 Å². The van der Waals surface area contributed by atoms with Crippen LogP contribution in [-0.2, 0) is 11.0 Å². The second kappa shape index (κ2) is 6.65. The fourth-order valence-corrected chi connectivity index (χ4v) is 1.84. The lowest BCUT2D eigenvalue weighted by Crippen LogP contribution is -2.28. The summed E-state index contributed by atoms with van der Waals surface area (Å²) in [7, 11) is 1.73. The van der Waals surface area contributed by atoms with Gasteiger partial charge in [0.1, 0.15) is 0 Å². The molecule has 0 aromatic heterocycles. The highest BCUT2D eigenvalue weighted by molar-refractivity contribution is 5.85. The van der Waals surface area contributed by atoms with E-state index in [0.717, 1.165) is 18.6 Å². The van der Waals surface area contributed by atoms with Gasteiger partial charge in [-0.3, -0.25) is 0 Å². The van der Waals surface area contributed by atoms with Crippen molar-refractivity contribution in [2.45, 2.75) is 32.5 Å². The monoisotopic (exact) mass is 301 g/mol. The fraction of sp³-hybridized carbons (Fsp3) is 0.400. The number of carbonyl (C=O) groups is 1. The number of hydrogen-bond donors (Lipinski definition) is 1. The number of benzene rings is 1. The first-order chi connectivity index (χ1) is 9.66. The van der Waals surface area contributed by atoms with Gasteiger partial charge in [0.2, 0.25) is 0 Å². The first-order valence-corrected chi connectivity index (χ1v) is 6.52. The maximum Gasteiger partial charge on any atom is 0.417 e. The van der Waals surface area contributed by atoms with Crippen LogP contribution in [0.5, 0.6) is 0 Å². The molecule has 116 valence electrons. The predicted octanol–water partition coefficient (Wildman–Crippen LogP) is 4.04. The Hall–Kier alpha value is -1.98. The average molecular weight is 301 g/mol. The van der Waals surface area contributed by atoms with E-state index in [1.54, 1.807) is 18.0 Å². The number of anilines is 1. The molecule has 0 aliphatic heterocycles. The number of nitrogens with zero attached hydrogens (tertiary/aromatic N) is 1. The lowest BCUT2D eigenvalue weighted by molar-refractivity contribution is -0.137. The first kappa shape index (κ1) is 17.1. The molecule has 0 amide bonds. The summed E-state index contributed by atoms with van der Waals surface area (Å²) in [6.45, 7) is 3.88. The van der Waals surface area contributed by atoms with Crippen LogP contribution in [0.1, 0.15) is 31.4 Å². The molecule has 0 saturated heterocycles. The van der Waals surface area contributed by atoms with Crippen LogP contribution in [0.3, 0.4) is 0 Å². The molecule has 1 unspecified atom stereocenters. The van der Waals surface area contributed by atoms with E-state index in [-0.39, 0.29) is 11.6 Å². The number of aliphatic carboxylic acids is 1. The molecular formula is C15H18F3NO2. The summed E-state index contributed by atoms with van der Waals surface area (Å²) < 4.78 is 39.3. The molecule has 1 rings (SSSR count). The Morgan fingerprint density at radius 3 is 2.52 bits per heavy atom. The van der Waals surface area contributed by atoms with Gasteiger partial charge < -0.3 is 10.0 Å². The minimum atomic E-state index is -4.54. The molecule has 0 heterocycles. The van der Waals surface area contributed by atoms with Crippen LogP contribution in [0.25, 0.3) is 6.08 Å². The van der Waals surface area contributed by atoms with Crippen LogP contribution in [0.15, 0.2) is 24.3 Å². The molecule has 21 heavy (non-hydrogen) atoms. The molecule has 1 aromatic rings. The Kier molecular flexibility index (Phi) is 5.41. The Balaban J connectivity index is 3.28. The van der Waals surface area contributed by atoms with Gasteiger partial charge in [-0.1, -0.05) is 13.0 Å². The van der Waals surface area contributed by atoms with Gasteiger partial charge in [0.05, 0.1) is 5.56 Å². The van der Waals surface area contributed by atoms with E-state index in [0.29, 0.717) is 11.8 Å². The van der Waals surface area contributed by atoms with E-state index < -0.39 is 17.7 Å². The normalized spacial score (nSPS) is 13.4. The summed E-state index contributed by atoms with van der Waals surface area (Å²) in [6.07, 6.45) is -2.08. The Morgan fingerprint density at radius 1 is 1.43 bits per heavy atom. The highest BCUT2D eigenvalue weighted by Crippen LogP contribution is 2.35. The van der Waals surface area contributed by atoms with Gasteiger partial charge >= 0.3 is 12.1 Å². The predicted molar refractivity (Wildman–Crippen MR) is 76.3 cm³/mol. The lowest BCUT2D eigenvalue weighted by Gasteiger charge is -2.27. The lowest BCUT2D eigenvalue weighted by atomic mass is 10.0. The molecule has 0 spiro atoms. The third-order valence-corrected chi connectivity index (χ3v) is 3.41. The van der Waals surface area contributed by atoms with E-state index in [2.05, 4.69) is 0 Å².